The van der Waals surface area contributed by atoms with Crippen LogP contribution in [0.15, 0.2) is 60.7 Å². The number of fused-ring (bicyclic) bond motifs is 2. The second kappa shape index (κ2) is 8.80. The highest BCUT2D eigenvalue weighted by Crippen LogP contribution is 2.23. The Morgan fingerprint density at radius 3 is 2.42 bits per heavy atom. The van der Waals surface area contributed by atoms with Crippen LogP contribution in [0.5, 0.6) is 5.75 Å². The standard InChI is InChI=1S/C26H28N2O3/c1-4-30-25(29)26(2,3)31-21-14-12-18(13-15-21)8-7-11-24-27-22-16-19-9-5-6-10-20(19)17-23(22)28-24/h5-6,9-10,12-17H,4,7-8,11H2,1-3H3,(H,27,28). The summed E-state index contributed by atoms with van der Waals surface area (Å²) >= 11 is 0. The van der Waals surface area contributed by atoms with Gasteiger partial charge in [-0.1, -0.05) is 36.4 Å². The highest BCUT2D eigenvalue weighted by molar-refractivity contribution is 5.95. The Hall–Kier alpha value is -3.34. The monoisotopic (exact) mass is 416 g/mol. The fraction of sp³-hybridized carbons (Fsp3) is 0.308. The Labute approximate surface area is 182 Å². The van der Waals surface area contributed by atoms with Gasteiger partial charge in [0.25, 0.3) is 0 Å². The van der Waals surface area contributed by atoms with E-state index in [0.29, 0.717) is 12.4 Å². The second-order valence-electron chi connectivity index (χ2n) is 8.23. The van der Waals surface area contributed by atoms with Crippen LogP contribution in [0.2, 0.25) is 0 Å². The molecule has 5 heteroatoms. The Balaban J connectivity index is 1.34. The second-order valence-corrected chi connectivity index (χ2v) is 8.23. The van der Waals surface area contributed by atoms with Gasteiger partial charge in [-0.15, -0.1) is 0 Å². The SMILES string of the molecule is CCOC(=O)C(C)(C)Oc1ccc(CCCc2nc3cc4ccccc4cc3[nH]2)cc1. The number of esters is 1. The third kappa shape index (κ3) is 4.88. The number of hydrogen-bond donors (Lipinski definition) is 1. The van der Waals surface area contributed by atoms with Crippen molar-refractivity contribution < 1.29 is 14.3 Å². The molecule has 0 saturated heterocycles. The summed E-state index contributed by atoms with van der Waals surface area (Å²) in [5.74, 6) is 1.31. The van der Waals surface area contributed by atoms with Gasteiger partial charge in [0.05, 0.1) is 17.6 Å². The Morgan fingerprint density at radius 2 is 1.71 bits per heavy atom. The average molecular weight is 417 g/mol. The first-order valence-corrected chi connectivity index (χ1v) is 10.8. The zero-order chi connectivity index (χ0) is 21.8. The van der Waals surface area contributed by atoms with Gasteiger partial charge >= 0.3 is 5.97 Å². The summed E-state index contributed by atoms with van der Waals surface area (Å²) in [6.07, 6.45) is 2.83. The van der Waals surface area contributed by atoms with Gasteiger partial charge < -0.3 is 14.5 Å². The molecule has 3 aromatic carbocycles. The van der Waals surface area contributed by atoms with Crippen LogP contribution in [0.1, 0.15) is 38.6 Å². The molecule has 5 nitrogen and oxygen atoms in total. The normalized spacial score (nSPS) is 11.7. The summed E-state index contributed by atoms with van der Waals surface area (Å²) in [6.45, 7) is 5.56. The highest BCUT2D eigenvalue weighted by Gasteiger charge is 2.31. The van der Waals surface area contributed by atoms with Crippen LogP contribution in [0, 0.1) is 0 Å². The number of carbonyl (C=O) groups is 1. The Morgan fingerprint density at radius 1 is 1.00 bits per heavy atom. The average Bonchev–Trinajstić information content (AvgIpc) is 3.14. The maximum Gasteiger partial charge on any atom is 0.349 e. The molecule has 0 bridgehead atoms. The van der Waals surface area contributed by atoms with Gasteiger partial charge in [-0.3, -0.25) is 0 Å². The van der Waals surface area contributed by atoms with Crippen LogP contribution < -0.4 is 4.74 Å². The van der Waals surface area contributed by atoms with Crippen molar-refractivity contribution in [2.24, 2.45) is 0 Å². The van der Waals surface area contributed by atoms with E-state index in [4.69, 9.17) is 14.5 Å². The van der Waals surface area contributed by atoms with Crippen LogP contribution in [0.4, 0.5) is 0 Å². The lowest BCUT2D eigenvalue weighted by Gasteiger charge is -2.24. The number of H-pyrrole nitrogens is 1. The van der Waals surface area contributed by atoms with Crippen LogP contribution in [0.3, 0.4) is 0 Å². The minimum Gasteiger partial charge on any atom is -0.476 e. The van der Waals surface area contributed by atoms with Gasteiger partial charge in [0.2, 0.25) is 0 Å². The molecule has 0 radical (unpaired) electrons. The summed E-state index contributed by atoms with van der Waals surface area (Å²) in [4.78, 5) is 20.2. The van der Waals surface area contributed by atoms with Gasteiger partial charge in [0.1, 0.15) is 11.6 Å². The lowest BCUT2D eigenvalue weighted by atomic mass is 10.1. The molecule has 0 amide bonds. The fourth-order valence-corrected chi connectivity index (χ4v) is 3.69. The molecule has 4 aromatic rings. The van der Waals surface area contributed by atoms with E-state index in [2.05, 4.69) is 41.4 Å². The van der Waals surface area contributed by atoms with Gasteiger partial charge in [-0.2, -0.15) is 0 Å². The number of aromatic amines is 1. The summed E-state index contributed by atoms with van der Waals surface area (Å²) < 4.78 is 10.9. The maximum atomic E-state index is 12.0. The molecule has 0 atom stereocenters. The first-order chi connectivity index (χ1) is 14.9. The molecule has 0 fully saturated rings. The number of imidazole rings is 1. The zero-order valence-corrected chi connectivity index (χ0v) is 18.3. The molecule has 1 N–H and O–H groups in total. The van der Waals surface area contributed by atoms with E-state index >= 15 is 0 Å². The van der Waals surface area contributed by atoms with Gasteiger partial charge in [0.15, 0.2) is 5.60 Å². The van der Waals surface area contributed by atoms with E-state index in [9.17, 15) is 4.79 Å². The van der Waals surface area contributed by atoms with Crippen LogP contribution in [-0.2, 0) is 22.4 Å². The third-order valence-corrected chi connectivity index (χ3v) is 5.34. The van der Waals surface area contributed by atoms with E-state index in [1.807, 2.05) is 24.3 Å². The summed E-state index contributed by atoms with van der Waals surface area (Å²) in [6, 6.07) is 20.5. The molecular weight excluding hydrogens is 388 g/mol. The summed E-state index contributed by atoms with van der Waals surface area (Å²) in [5, 5.41) is 2.43. The molecule has 160 valence electrons. The summed E-state index contributed by atoms with van der Waals surface area (Å²) in [7, 11) is 0. The molecule has 0 unspecified atom stereocenters. The van der Waals surface area contributed by atoms with Crippen LogP contribution >= 0.6 is 0 Å². The van der Waals surface area contributed by atoms with Crippen molar-refractivity contribution in [2.45, 2.75) is 45.6 Å². The number of aryl methyl sites for hydroxylation is 2. The number of hydrogen-bond acceptors (Lipinski definition) is 4. The van der Waals surface area contributed by atoms with Gasteiger partial charge in [-0.25, -0.2) is 9.78 Å². The lowest BCUT2D eigenvalue weighted by molar-refractivity contribution is -0.158. The largest absolute Gasteiger partial charge is 0.476 e. The van der Waals surface area contributed by atoms with Crippen molar-refractivity contribution >= 4 is 27.8 Å². The molecule has 31 heavy (non-hydrogen) atoms. The minimum atomic E-state index is -1.01. The number of ether oxygens (including phenoxy) is 2. The van der Waals surface area contributed by atoms with E-state index in [1.165, 1.54) is 16.3 Å². The molecule has 0 saturated carbocycles. The molecule has 0 aliphatic rings. The van der Waals surface area contributed by atoms with Crippen LogP contribution in [-0.4, -0.2) is 28.1 Å². The number of carbonyl (C=O) groups excluding carboxylic acids is 1. The number of nitrogens with one attached hydrogen (secondary N) is 1. The molecule has 0 aliphatic heterocycles. The lowest BCUT2D eigenvalue weighted by Crippen LogP contribution is -2.39. The zero-order valence-electron chi connectivity index (χ0n) is 18.3. The van der Waals surface area contributed by atoms with Crippen molar-refractivity contribution in [2.75, 3.05) is 6.61 Å². The van der Waals surface area contributed by atoms with Crippen molar-refractivity contribution in [1.82, 2.24) is 9.97 Å². The molecular formula is C26H28N2O3. The number of benzene rings is 3. The van der Waals surface area contributed by atoms with E-state index in [1.54, 1.807) is 20.8 Å². The highest BCUT2D eigenvalue weighted by atomic mass is 16.6. The summed E-state index contributed by atoms with van der Waals surface area (Å²) in [5.41, 5.74) is 2.31. The minimum absolute atomic E-state index is 0.339. The quantitative estimate of drug-likeness (QED) is 0.379. The first-order valence-electron chi connectivity index (χ1n) is 10.8. The maximum absolute atomic E-state index is 12.0. The predicted molar refractivity (Wildman–Crippen MR) is 123 cm³/mol. The number of rotatable bonds is 8. The number of aromatic nitrogens is 2. The Bertz CT molecular complexity index is 1140. The first kappa shape index (κ1) is 20.9. The van der Waals surface area contributed by atoms with E-state index in [0.717, 1.165) is 36.1 Å². The number of nitrogens with zero attached hydrogens (tertiary/aromatic N) is 1. The van der Waals surface area contributed by atoms with Crippen molar-refractivity contribution in [1.29, 1.82) is 0 Å². The molecule has 4 rings (SSSR count). The van der Waals surface area contributed by atoms with Crippen molar-refractivity contribution in [3.8, 4) is 5.75 Å². The predicted octanol–water partition coefficient (Wildman–Crippen LogP) is 5.61. The molecule has 0 aliphatic carbocycles. The van der Waals surface area contributed by atoms with Gasteiger partial charge in [-0.05, 0) is 74.2 Å². The third-order valence-electron chi connectivity index (χ3n) is 5.34. The smallest absolute Gasteiger partial charge is 0.349 e. The van der Waals surface area contributed by atoms with Gasteiger partial charge in [0, 0.05) is 6.42 Å². The van der Waals surface area contributed by atoms with Crippen LogP contribution in [0.25, 0.3) is 21.8 Å². The van der Waals surface area contributed by atoms with Crippen molar-refractivity contribution in [3.63, 3.8) is 0 Å². The topological polar surface area (TPSA) is 64.2 Å². The van der Waals surface area contributed by atoms with Crippen molar-refractivity contribution in [3.05, 3.63) is 72.1 Å². The fourth-order valence-electron chi connectivity index (χ4n) is 3.69. The molecule has 0 spiro atoms. The van der Waals surface area contributed by atoms with E-state index < -0.39 is 5.60 Å². The Kier molecular flexibility index (Phi) is 5.94. The molecule has 1 heterocycles. The molecule has 1 aromatic heterocycles. The van der Waals surface area contributed by atoms with E-state index in [-0.39, 0.29) is 5.97 Å².